The molecule has 0 spiro atoms. The van der Waals surface area contributed by atoms with Crippen LogP contribution in [-0.2, 0) is 11.2 Å². The van der Waals surface area contributed by atoms with Crippen molar-refractivity contribution in [3.63, 3.8) is 0 Å². The highest BCUT2D eigenvalue weighted by molar-refractivity contribution is 5.66. The number of hydrogen-bond donors (Lipinski definition) is 1. The maximum atomic E-state index is 10.3. The van der Waals surface area contributed by atoms with E-state index in [0.717, 1.165) is 5.69 Å². The summed E-state index contributed by atoms with van der Waals surface area (Å²) in [4.78, 5) is 18.5. The first kappa shape index (κ1) is 10.4. The van der Waals surface area contributed by atoms with E-state index in [-0.39, 0.29) is 6.42 Å². The number of carbonyl (C=O) groups is 1. The molecule has 1 rings (SSSR count). The molecular weight excluding hydrogens is 184 g/mol. The van der Waals surface area contributed by atoms with E-state index in [4.69, 9.17) is 9.84 Å². The van der Waals surface area contributed by atoms with E-state index >= 15 is 0 Å². The fourth-order valence-electron chi connectivity index (χ4n) is 1.03. The average molecular weight is 196 g/mol. The number of carboxylic acids is 1. The van der Waals surface area contributed by atoms with Gasteiger partial charge in [-0.2, -0.15) is 4.98 Å². The SMILES string of the molecule is COc1cc(C)nc(CCC(=O)O)n1. The van der Waals surface area contributed by atoms with Crippen LogP contribution in [-0.4, -0.2) is 28.2 Å². The Morgan fingerprint density at radius 3 is 2.86 bits per heavy atom. The predicted octanol–water partition coefficient (Wildman–Crippen LogP) is 0.811. The second-order valence-corrected chi connectivity index (χ2v) is 2.86. The van der Waals surface area contributed by atoms with Crippen LogP contribution in [0.5, 0.6) is 5.88 Å². The van der Waals surface area contributed by atoms with Crippen LogP contribution in [0.3, 0.4) is 0 Å². The van der Waals surface area contributed by atoms with Crippen molar-refractivity contribution in [1.82, 2.24) is 9.97 Å². The van der Waals surface area contributed by atoms with Crippen molar-refractivity contribution >= 4 is 5.97 Å². The zero-order valence-corrected chi connectivity index (χ0v) is 8.15. The summed E-state index contributed by atoms with van der Waals surface area (Å²) in [6.45, 7) is 1.81. The van der Waals surface area contributed by atoms with Crippen molar-refractivity contribution in [2.45, 2.75) is 19.8 Å². The summed E-state index contributed by atoms with van der Waals surface area (Å²) in [6, 6.07) is 1.70. The molecule has 1 aromatic rings. The van der Waals surface area contributed by atoms with Gasteiger partial charge in [0.1, 0.15) is 5.82 Å². The molecule has 0 fully saturated rings. The molecule has 0 aliphatic carbocycles. The van der Waals surface area contributed by atoms with Crippen LogP contribution in [0.15, 0.2) is 6.07 Å². The van der Waals surface area contributed by atoms with Gasteiger partial charge in [-0.3, -0.25) is 4.79 Å². The summed E-state index contributed by atoms with van der Waals surface area (Å²) in [5.74, 6) is 0.121. The molecule has 0 aromatic carbocycles. The summed E-state index contributed by atoms with van der Waals surface area (Å²) in [6.07, 6.45) is 0.361. The van der Waals surface area contributed by atoms with E-state index in [2.05, 4.69) is 9.97 Å². The molecule has 0 bridgehead atoms. The molecule has 0 aliphatic rings. The molecule has 0 saturated carbocycles. The fourth-order valence-corrected chi connectivity index (χ4v) is 1.03. The maximum Gasteiger partial charge on any atom is 0.303 e. The lowest BCUT2D eigenvalue weighted by Crippen LogP contribution is -2.03. The maximum absolute atomic E-state index is 10.3. The van der Waals surface area contributed by atoms with Crippen LogP contribution < -0.4 is 4.74 Å². The Morgan fingerprint density at radius 1 is 1.57 bits per heavy atom. The van der Waals surface area contributed by atoms with Gasteiger partial charge in [0.2, 0.25) is 5.88 Å². The number of aryl methyl sites for hydroxylation is 2. The Morgan fingerprint density at radius 2 is 2.29 bits per heavy atom. The standard InChI is InChI=1S/C9H12N2O3/c1-6-5-8(14-2)11-7(10-6)3-4-9(12)13/h5H,3-4H2,1-2H3,(H,12,13). The van der Waals surface area contributed by atoms with Gasteiger partial charge in [0.05, 0.1) is 13.5 Å². The second kappa shape index (κ2) is 4.55. The molecule has 1 heterocycles. The molecule has 5 heteroatoms. The van der Waals surface area contributed by atoms with Crippen LogP contribution in [0.2, 0.25) is 0 Å². The van der Waals surface area contributed by atoms with Crippen molar-refractivity contribution < 1.29 is 14.6 Å². The molecule has 14 heavy (non-hydrogen) atoms. The summed E-state index contributed by atoms with van der Waals surface area (Å²) < 4.78 is 4.94. The Balaban J connectivity index is 2.76. The third-order valence-electron chi connectivity index (χ3n) is 1.65. The number of rotatable bonds is 4. The highest BCUT2D eigenvalue weighted by Gasteiger charge is 2.04. The predicted molar refractivity (Wildman–Crippen MR) is 49.3 cm³/mol. The summed E-state index contributed by atoms with van der Waals surface area (Å²) in [5, 5.41) is 8.48. The molecule has 1 N–H and O–H groups in total. The first-order chi connectivity index (χ1) is 6.61. The van der Waals surface area contributed by atoms with Gasteiger partial charge in [-0.25, -0.2) is 4.98 Å². The first-order valence-electron chi connectivity index (χ1n) is 4.22. The monoisotopic (exact) mass is 196 g/mol. The Bertz CT molecular complexity index is 339. The third-order valence-corrected chi connectivity index (χ3v) is 1.65. The number of aliphatic carboxylic acids is 1. The van der Waals surface area contributed by atoms with E-state index in [1.165, 1.54) is 7.11 Å². The summed E-state index contributed by atoms with van der Waals surface area (Å²) in [7, 11) is 1.52. The van der Waals surface area contributed by atoms with Gasteiger partial charge in [0.15, 0.2) is 0 Å². The summed E-state index contributed by atoms with van der Waals surface area (Å²) in [5.41, 5.74) is 0.775. The molecule has 0 radical (unpaired) electrons. The lowest BCUT2D eigenvalue weighted by molar-refractivity contribution is -0.137. The number of ether oxygens (including phenoxy) is 1. The minimum absolute atomic E-state index is 0.0343. The van der Waals surface area contributed by atoms with Crippen LogP contribution in [0.4, 0.5) is 0 Å². The topological polar surface area (TPSA) is 72.3 Å². The third kappa shape index (κ3) is 3.01. The Hall–Kier alpha value is -1.65. The van der Waals surface area contributed by atoms with E-state index in [1.54, 1.807) is 6.07 Å². The van der Waals surface area contributed by atoms with Gasteiger partial charge in [-0.05, 0) is 6.92 Å². The highest BCUT2D eigenvalue weighted by atomic mass is 16.5. The Kier molecular flexibility index (Phi) is 3.39. The van der Waals surface area contributed by atoms with Crippen molar-refractivity contribution in [1.29, 1.82) is 0 Å². The number of methoxy groups -OCH3 is 1. The number of carboxylic acid groups (broad SMARTS) is 1. The molecule has 1 aromatic heterocycles. The quantitative estimate of drug-likeness (QED) is 0.771. The molecule has 0 amide bonds. The number of aromatic nitrogens is 2. The molecule has 5 nitrogen and oxygen atoms in total. The van der Waals surface area contributed by atoms with Crippen LogP contribution in [0.25, 0.3) is 0 Å². The van der Waals surface area contributed by atoms with E-state index in [1.807, 2.05) is 6.92 Å². The van der Waals surface area contributed by atoms with Crippen molar-refractivity contribution in [2.75, 3.05) is 7.11 Å². The first-order valence-corrected chi connectivity index (χ1v) is 4.22. The average Bonchev–Trinajstić information content (AvgIpc) is 2.14. The second-order valence-electron chi connectivity index (χ2n) is 2.86. The van der Waals surface area contributed by atoms with E-state index < -0.39 is 5.97 Å². The Labute approximate surface area is 81.8 Å². The molecule has 0 saturated heterocycles. The van der Waals surface area contributed by atoms with Crippen molar-refractivity contribution in [2.24, 2.45) is 0 Å². The zero-order chi connectivity index (χ0) is 10.6. The zero-order valence-electron chi connectivity index (χ0n) is 8.15. The van der Waals surface area contributed by atoms with Gasteiger partial charge in [-0.1, -0.05) is 0 Å². The van der Waals surface area contributed by atoms with E-state index in [0.29, 0.717) is 18.1 Å². The van der Waals surface area contributed by atoms with Crippen LogP contribution in [0.1, 0.15) is 17.9 Å². The normalized spacial score (nSPS) is 9.86. The van der Waals surface area contributed by atoms with E-state index in [9.17, 15) is 4.79 Å². The van der Waals surface area contributed by atoms with Gasteiger partial charge in [0, 0.05) is 18.2 Å². The molecule has 0 aliphatic heterocycles. The molecule has 76 valence electrons. The van der Waals surface area contributed by atoms with Gasteiger partial charge < -0.3 is 9.84 Å². The fraction of sp³-hybridized carbons (Fsp3) is 0.444. The van der Waals surface area contributed by atoms with Gasteiger partial charge in [-0.15, -0.1) is 0 Å². The van der Waals surface area contributed by atoms with Crippen LogP contribution in [0, 0.1) is 6.92 Å². The van der Waals surface area contributed by atoms with Crippen molar-refractivity contribution in [3.8, 4) is 5.88 Å². The molecular formula is C9H12N2O3. The lowest BCUT2D eigenvalue weighted by atomic mass is 10.3. The van der Waals surface area contributed by atoms with Crippen LogP contribution >= 0.6 is 0 Å². The lowest BCUT2D eigenvalue weighted by Gasteiger charge is -2.03. The largest absolute Gasteiger partial charge is 0.481 e. The van der Waals surface area contributed by atoms with Crippen molar-refractivity contribution in [3.05, 3.63) is 17.6 Å². The van der Waals surface area contributed by atoms with Gasteiger partial charge >= 0.3 is 5.97 Å². The number of nitrogens with zero attached hydrogens (tertiary/aromatic N) is 2. The number of hydrogen-bond acceptors (Lipinski definition) is 4. The van der Waals surface area contributed by atoms with Gasteiger partial charge in [0.25, 0.3) is 0 Å². The minimum atomic E-state index is -0.853. The molecule has 0 unspecified atom stereocenters. The molecule has 0 atom stereocenters. The highest BCUT2D eigenvalue weighted by Crippen LogP contribution is 2.08. The summed E-state index contributed by atoms with van der Waals surface area (Å²) >= 11 is 0. The smallest absolute Gasteiger partial charge is 0.303 e. The minimum Gasteiger partial charge on any atom is -0.481 e.